The number of benzene rings is 4. The Morgan fingerprint density at radius 2 is 1.62 bits per heavy atom. The molecule has 2 amide bonds. The van der Waals surface area contributed by atoms with Crippen molar-refractivity contribution >= 4 is 46.4 Å². The number of hydrazone groups is 1. The molecule has 0 aliphatic carbocycles. The molecule has 2 N–H and O–H groups in total. The molecule has 0 aliphatic heterocycles. The summed E-state index contributed by atoms with van der Waals surface area (Å²) < 4.78 is 16.2. The molecule has 0 atom stereocenters. The van der Waals surface area contributed by atoms with Crippen LogP contribution in [0.2, 0.25) is 5.02 Å². The number of methoxy groups -OCH3 is 2. The van der Waals surface area contributed by atoms with Gasteiger partial charge in [-0.1, -0.05) is 48.0 Å². The number of ether oxygens (including phenoxy) is 3. The minimum absolute atomic E-state index is 0.237. The van der Waals surface area contributed by atoms with Crippen LogP contribution in [0.4, 0.5) is 0 Å². The third-order valence-corrected chi connectivity index (χ3v) is 5.87. The number of carbonyl (C=O) groups is 3. The maximum atomic E-state index is 13.0. The first kappa shape index (κ1) is 27.2. The summed E-state index contributed by atoms with van der Waals surface area (Å²) in [4.78, 5) is 37.5. The van der Waals surface area contributed by atoms with Gasteiger partial charge in [0, 0.05) is 16.1 Å². The highest BCUT2D eigenvalue weighted by molar-refractivity contribution is 6.31. The SMILES string of the molecule is COc1ccc(C(=O)Oc2ccc3ccccc3c2/C=N\NC(=O)CNC(=O)c2cccc(Cl)c2)cc1OC. The molecule has 0 radical (unpaired) electrons. The lowest BCUT2D eigenvalue weighted by Crippen LogP contribution is -2.34. The van der Waals surface area contributed by atoms with E-state index in [4.69, 9.17) is 25.8 Å². The first-order valence-electron chi connectivity index (χ1n) is 11.7. The number of esters is 1. The fourth-order valence-electron chi connectivity index (χ4n) is 3.72. The Morgan fingerprint density at radius 3 is 2.38 bits per heavy atom. The second kappa shape index (κ2) is 12.6. The topological polar surface area (TPSA) is 115 Å². The zero-order chi connectivity index (χ0) is 27.8. The van der Waals surface area contributed by atoms with Gasteiger partial charge in [-0.15, -0.1) is 0 Å². The van der Waals surface area contributed by atoms with Crippen LogP contribution in [0, 0.1) is 0 Å². The van der Waals surface area contributed by atoms with Gasteiger partial charge in [-0.05, 0) is 53.2 Å². The Morgan fingerprint density at radius 1 is 0.846 bits per heavy atom. The van der Waals surface area contributed by atoms with Crippen molar-refractivity contribution in [1.82, 2.24) is 10.7 Å². The van der Waals surface area contributed by atoms with Gasteiger partial charge >= 0.3 is 5.97 Å². The molecule has 0 bridgehead atoms. The molecule has 4 aromatic carbocycles. The monoisotopic (exact) mass is 545 g/mol. The normalized spacial score (nSPS) is 10.7. The van der Waals surface area contributed by atoms with Gasteiger partial charge in [0.1, 0.15) is 5.75 Å². The van der Waals surface area contributed by atoms with Crippen molar-refractivity contribution in [2.75, 3.05) is 20.8 Å². The smallest absolute Gasteiger partial charge is 0.343 e. The highest BCUT2D eigenvalue weighted by atomic mass is 35.5. The first-order chi connectivity index (χ1) is 18.9. The number of rotatable bonds is 9. The van der Waals surface area contributed by atoms with E-state index in [1.165, 1.54) is 32.6 Å². The van der Waals surface area contributed by atoms with Gasteiger partial charge in [0.2, 0.25) is 0 Å². The predicted octanol–water partition coefficient (Wildman–Crippen LogP) is 4.61. The van der Waals surface area contributed by atoms with E-state index in [2.05, 4.69) is 15.8 Å². The summed E-state index contributed by atoms with van der Waals surface area (Å²) in [5.74, 6) is -0.514. The van der Waals surface area contributed by atoms with E-state index in [1.54, 1.807) is 36.4 Å². The fourth-order valence-corrected chi connectivity index (χ4v) is 3.91. The summed E-state index contributed by atoms with van der Waals surface area (Å²) in [7, 11) is 2.98. The lowest BCUT2D eigenvalue weighted by Gasteiger charge is -2.12. The molecule has 0 spiro atoms. The average molecular weight is 546 g/mol. The summed E-state index contributed by atoms with van der Waals surface area (Å²) in [5.41, 5.74) is 3.44. The number of amides is 2. The molecule has 9 nitrogen and oxygen atoms in total. The number of hydrogen-bond donors (Lipinski definition) is 2. The second-order valence-corrected chi connectivity index (χ2v) is 8.58. The second-order valence-electron chi connectivity index (χ2n) is 8.14. The molecule has 0 aliphatic rings. The van der Waals surface area contributed by atoms with Crippen LogP contribution in [0.5, 0.6) is 17.2 Å². The Bertz CT molecular complexity index is 1570. The van der Waals surface area contributed by atoms with Gasteiger partial charge in [-0.25, -0.2) is 10.2 Å². The summed E-state index contributed by atoms with van der Waals surface area (Å²) in [6.45, 7) is -0.306. The number of hydrogen-bond acceptors (Lipinski definition) is 7. The number of nitrogens with zero attached hydrogens (tertiary/aromatic N) is 1. The fraction of sp³-hybridized carbons (Fsp3) is 0.103. The third-order valence-electron chi connectivity index (χ3n) is 5.63. The molecule has 0 unspecified atom stereocenters. The molecular formula is C29H24ClN3O6. The summed E-state index contributed by atoms with van der Waals surface area (Å²) in [5, 5.41) is 8.57. The van der Waals surface area contributed by atoms with E-state index < -0.39 is 17.8 Å². The number of nitrogens with one attached hydrogen (secondary N) is 2. The third kappa shape index (κ3) is 6.71. The van der Waals surface area contributed by atoms with Gasteiger partial charge < -0.3 is 19.5 Å². The molecule has 0 aromatic heterocycles. The van der Waals surface area contributed by atoms with Gasteiger partial charge in [-0.3, -0.25) is 9.59 Å². The highest BCUT2D eigenvalue weighted by Gasteiger charge is 2.16. The lowest BCUT2D eigenvalue weighted by atomic mass is 10.0. The Balaban J connectivity index is 1.49. The van der Waals surface area contributed by atoms with E-state index in [-0.39, 0.29) is 17.9 Å². The minimum Gasteiger partial charge on any atom is -0.493 e. The molecular weight excluding hydrogens is 522 g/mol. The zero-order valence-electron chi connectivity index (χ0n) is 21.1. The molecule has 0 fully saturated rings. The number of carbonyl (C=O) groups excluding carboxylic acids is 3. The van der Waals surface area contributed by atoms with Gasteiger partial charge in [0.05, 0.1) is 32.5 Å². The van der Waals surface area contributed by atoms with Crippen LogP contribution in [0.1, 0.15) is 26.3 Å². The van der Waals surface area contributed by atoms with Crippen molar-refractivity contribution in [3.63, 3.8) is 0 Å². The molecule has 0 saturated carbocycles. The van der Waals surface area contributed by atoms with Crippen LogP contribution in [0.15, 0.2) is 84.0 Å². The van der Waals surface area contributed by atoms with E-state index >= 15 is 0 Å². The minimum atomic E-state index is -0.617. The highest BCUT2D eigenvalue weighted by Crippen LogP contribution is 2.30. The van der Waals surface area contributed by atoms with E-state index in [9.17, 15) is 14.4 Å². The Hall–Kier alpha value is -4.89. The van der Waals surface area contributed by atoms with Crippen molar-refractivity contribution in [2.24, 2.45) is 5.10 Å². The standard InChI is InChI=1S/C29H24ClN3O6/c1-37-25-13-11-20(15-26(25)38-2)29(36)39-24-12-10-18-6-3-4-9-22(18)23(24)16-32-33-27(34)17-31-28(35)19-7-5-8-21(30)14-19/h3-16H,17H2,1-2H3,(H,31,35)(H,33,34)/b32-16-. The first-order valence-corrected chi connectivity index (χ1v) is 12.1. The zero-order valence-corrected chi connectivity index (χ0v) is 21.8. The van der Waals surface area contributed by atoms with Gasteiger partial charge in [0.15, 0.2) is 11.5 Å². The molecule has 39 heavy (non-hydrogen) atoms. The molecule has 4 rings (SSSR count). The van der Waals surface area contributed by atoms with Crippen molar-refractivity contribution in [3.05, 3.63) is 101 Å². The largest absolute Gasteiger partial charge is 0.493 e. The van der Waals surface area contributed by atoms with Crippen LogP contribution in [-0.4, -0.2) is 44.8 Å². The summed E-state index contributed by atoms with van der Waals surface area (Å²) in [6.07, 6.45) is 1.39. The van der Waals surface area contributed by atoms with Crippen LogP contribution < -0.4 is 25.0 Å². The summed E-state index contributed by atoms with van der Waals surface area (Å²) >= 11 is 5.90. The maximum absolute atomic E-state index is 13.0. The van der Waals surface area contributed by atoms with Crippen LogP contribution in [0.3, 0.4) is 0 Å². The van der Waals surface area contributed by atoms with E-state index in [0.717, 1.165) is 10.8 Å². The Labute approximate surface area is 229 Å². The maximum Gasteiger partial charge on any atom is 0.343 e. The predicted molar refractivity (Wildman–Crippen MR) is 148 cm³/mol. The van der Waals surface area contributed by atoms with Crippen molar-refractivity contribution < 1.29 is 28.6 Å². The summed E-state index contributed by atoms with van der Waals surface area (Å²) in [6, 6.07) is 22.0. The van der Waals surface area contributed by atoms with Crippen molar-refractivity contribution in [1.29, 1.82) is 0 Å². The molecule has 4 aromatic rings. The number of halogens is 1. The quantitative estimate of drug-likeness (QED) is 0.137. The van der Waals surface area contributed by atoms with E-state index in [0.29, 0.717) is 27.6 Å². The molecule has 198 valence electrons. The van der Waals surface area contributed by atoms with Crippen LogP contribution in [-0.2, 0) is 4.79 Å². The lowest BCUT2D eigenvalue weighted by molar-refractivity contribution is -0.120. The molecule has 0 saturated heterocycles. The van der Waals surface area contributed by atoms with Gasteiger partial charge in [-0.2, -0.15) is 5.10 Å². The molecule has 10 heteroatoms. The van der Waals surface area contributed by atoms with Crippen LogP contribution in [0.25, 0.3) is 10.8 Å². The van der Waals surface area contributed by atoms with Crippen molar-refractivity contribution in [2.45, 2.75) is 0 Å². The van der Waals surface area contributed by atoms with Gasteiger partial charge in [0.25, 0.3) is 11.8 Å². The Kier molecular flexibility index (Phi) is 8.75. The van der Waals surface area contributed by atoms with Crippen molar-refractivity contribution in [3.8, 4) is 17.2 Å². The van der Waals surface area contributed by atoms with Crippen LogP contribution >= 0.6 is 11.6 Å². The molecule has 0 heterocycles. The average Bonchev–Trinajstić information content (AvgIpc) is 2.96. The number of fused-ring (bicyclic) bond motifs is 1. The van der Waals surface area contributed by atoms with E-state index in [1.807, 2.05) is 30.3 Å².